The van der Waals surface area contributed by atoms with Gasteiger partial charge >= 0.3 is 6.03 Å². The van der Waals surface area contributed by atoms with Gasteiger partial charge in [0.15, 0.2) is 0 Å². The van der Waals surface area contributed by atoms with E-state index in [1.807, 2.05) is 20.8 Å². The van der Waals surface area contributed by atoms with Crippen molar-refractivity contribution in [1.82, 2.24) is 10.2 Å². The maximum Gasteiger partial charge on any atom is 0.319 e. The molecule has 1 aliphatic rings. The van der Waals surface area contributed by atoms with Gasteiger partial charge in [0.2, 0.25) is 5.91 Å². The van der Waals surface area contributed by atoms with Crippen LogP contribution in [0.1, 0.15) is 27.2 Å². The molecule has 25 heavy (non-hydrogen) atoms. The molecule has 1 heterocycles. The van der Waals surface area contributed by atoms with Crippen molar-refractivity contribution in [1.29, 1.82) is 0 Å². The van der Waals surface area contributed by atoms with Crippen molar-refractivity contribution in [3.8, 4) is 0 Å². The maximum absolute atomic E-state index is 12.8. The molecule has 1 aliphatic heterocycles. The SMILES string of the molecule is CC(C)(C)[C@H](N)C(=O)N1CCC(NC(=O)Nc2ccc(F)cc2)C1.Cl. The molecule has 3 amide bonds. The molecule has 1 saturated heterocycles. The van der Waals surface area contributed by atoms with Gasteiger partial charge in [-0.2, -0.15) is 0 Å². The summed E-state index contributed by atoms with van der Waals surface area (Å²) in [7, 11) is 0. The number of amides is 3. The van der Waals surface area contributed by atoms with E-state index in [0.717, 1.165) is 0 Å². The van der Waals surface area contributed by atoms with Crippen LogP contribution in [0.5, 0.6) is 0 Å². The number of halogens is 2. The predicted octanol–water partition coefficient (Wildman–Crippen LogP) is 2.34. The summed E-state index contributed by atoms with van der Waals surface area (Å²) in [6, 6.07) is 4.47. The molecule has 0 spiro atoms. The monoisotopic (exact) mass is 372 g/mol. The van der Waals surface area contributed by atoms with Gasteiger partial charge in [0, 0.05) is 24.8 Å². The number of nitrogens with two attached hydrogens (primary N) is 1. The summed E-state index contributed by atoms with van der Waals surface area (Å²) in [6.07, 6.45) is 0.680. The van der Waals surface area contributed by atoms with E-state index in [1.165, 1.54) is 24.3 Å². The van der Waals surface area contributed by atoms with Gasteiger partial charge in [0.1, 0.15) is 5.82 Å². The molecule has 0 radical (unpaired) electrons. The van der Waals surface area contributed by atoms with Crippen LogP contribution in [-0.4, -0.2) is 42.0 Å². The molecule has 0 aromatic heterocycles. The van der Waals surface area contributed by atoms with Crippen LogP contribution in [0.4, 0.5) is 14.9 Å². The fraction of sp³-hybridized carbons (Fsp3) is 0.529. The number of urea groups is 1. The Kier molecular flexibility index (Phi) is 7.19. The first kappa shape index (κ1) is 21.2. The lowest BCUT2D eigenvalue weighted by atomic mass is 9.86. The number of carbonyl (C=O) groups is 2. The molecule has 140 valence electrons. The molecular weight excluding hydrogens is 347 g/mol. The number of benzene rings is 1. The predicted molar refractivity (Wildman–Crippen MR) is 98.2 cm³/mol. The number of nitrogens with zero attached hydrogens (tertiary/aromatic N) is 1. The molecule has 1 aromatic carbocycles. The summed E-state index contributed by atoms with van der Waals surface area (Å²) in [6.45, 7) is 6.80. The average molecular weight is 373 g/mol. The Morgan fingerprint density at radius 2 is 1.88 bits per heavy atom. The molecular formula is C17H26ClFN4O2. The Labute approximate surface area is 153 Å². The van der Waals surface area contributed by atoms with Crippen molar-refractivity contribution in [2.45, 2.75) is 39.3 Å². The smallest absolute Gasteiger partial charge is 0.319 e. The highest BCUT2D eigenvalue weighted by atomic mass is 35.5. The van der Waals surface area contributed by atoms with E-state index in [9.17, 15) is 14.0 Å². The first-order valence-electron chi connectivity index (χ1n) is 8.04. The summed E-state index contributed by atoms with van der Waals surface area (Å²) < 4.78 is 12.8. The van der Waals surface area contributed by atoms with Gasteiger partial charge in [0.25, 0.3) is 0 Å². The highest BCUT2D eigenvalue weighted by Gasteiger charge is 2.35. The van der Waals surface area contributed by atoms with Crippen molar-refractivity contribution in [3.63, 3.8) is 0 Å². The second-order valence-corrected chi connectivity index (χ2v) is 7.22. The molecule has 0 aliphatic carbocycles. The maximum atomic E-state index is 12.8. The van der Waals surface area contributed by atoms with Crippen LogP contribution in [0.2, 0.25) is 0 Å². The van der Waals surface area contributed by atoms with Crippen molar-refractivity contribution < 1.29 is 14.0 Å². The third-order valence-corrected chi connectivity index (χ3v) is 4.14. The summed E-state index contributed by atoms with van der Waals surface area (Å²) in [4.78, 5) is 26.1. The lowest BCUT2D eigenvalue weighted by Gasteiger charge is -2.29. The van der Waals surface area contributed by atoms with E-state index in [0.29, 0.717) is 25.2 Å². The average Bonchev–Trinajstić information content (AvgIpc) is 2.95. The molecule has 2 rings (SSSR count). The van der Waals surface area contributed by atoms with Crippen LogP contribution in [0.3, 0.4) is 0 Å². The molecule has 0 saturated carbocycles. The molecule has 1 fully saturated rings. The van der Waals surface area contributed by atoms with Gasteiger partial charge in [-0.1, -0.05) is 20.8 Å². The summed E-state index contributed by atoms with van der Waals surface area (Å²) >= 11 is 0. The Bertz CT molecular complexity index is 604. The van der Waals surface area contributed by atoms with E-state index >= 15 is 0 Å². The van der Waals surface area contributed by atoms with Crippen molar-refractivity contribution in [3.05, 3.63) is 30.1 Å². The minimum Gasteiger partial charge on any atom is -0.339 e. The van der Waals surface area contributed by atoms with Gasteiger partial charge in [-0.15, -0.1) is 12.4 Å². The van der Waals surface area contributed by atoms with Crippen molar-refractivity contribution >= 4 is 30.0 Å². The second kappa shape index (κ2) is 8.49. The fourth-order valence-corrected chi connectivity index (χ4v) is 2.53. The zero-order valence-corrected chi connectivity index (χ0v) is 15.5. The quantitative estimate of drug-likeness (QED) is 0.761. The van der Waals surface area contributed by atoms with E-state index in [4.69, 9.17) is 5.73 Å². The van der Waals surface area contributed by atoms with E-state index in [1.54, 1.807) is 4.90 Å². The van der Waals surface area contributed by atoms with Gasteiger partial charge in [-0.05, 0) is 36.1 Å². The fourth-order valence-electron chi connectivity index (χ4n) is 2.53. The third kappa shape index (κ3) is 5.86. The molecule has 1 unspecified atom stereocenters. The van der Waals surface area contributed by atoms with Crippen LogP contribution >= 0.6 is 12.4 Å². The van der Waals surface area contributed by atoms with E-state index in [2.05, 4.69) is 10.6 Å². The third-order valence-electron chi connectivity index (χ3n) is 4.14. The van der Waals surface area contributed by atoms with Crippen LogP contribution in [0.15, 0.2) is 24.3 Å². The number of carbonyl (C=O) groups excluding carboxylic acids is 2. The van der Waals surface area contributed by atoms with Gasteiger partial charge in [0.05, 0.1) is 6.04 Å². The van der Waals surface area contributed by atoms with Gasteiger partial charge in [-0.3, -0.25) is 4.79 Å². The molecule has 0 bridgehead atoms. The lowest BCUT2D eigenvalue weighted by Crippen LogP contribution is -2.50. The van der Waals surface area contributed by atoms with E-state index in [-0.39, 0.29) is 41.6 Å². The molecule has 2 atom stereocenters. The highest BCUT2D eigenvalue weighted by Crippen LogP contribution is 2.21. The van der Waals surface area contributed by atoms with Crippen LogP contribution < -0.4 is 16.4 Å². The number of hydrogen-bond acceptors (Lipinski definition) is 3. The summed E-state index contributed by atoms with van der Waals surface area (Å²) in [5.74, 6) is -0.452. The van der Waals surface area contributed by atoms with Crippen LogP contribution in [0, 0.1) is 11.2 Å². The minimum atomic E-state index is -0.565. The number of rotatable bonds is 3. The van der Waals surface area contributed by atoms with Crippen LogP contribution in [-0.2, 0) is 4.79 Å². The Morgan fingerprint density at radius 1 is 1.28 bits per heavy atom. The normalized spacial score (nSPS) is 18.3. The topological polar surface area (TPSA) is 87.5 Å². The van der Waals surface area contributed by atoms with E-state index < -0.39 is 6.04 Å². The zero-order valence-electron chi connectivity index (χ0n) is 14.7. The zero-order chi connectivity index (χ0) is 17.9. The summed E-state index contributed by atoms with van der Waals surface area (Å²) in [5, 5.41) is 5.47. The number of likely N-dealkylation sites (tertiary alicyclic amines) is 1. The first-order chi connectivity index (χ1) is 11.2. The first-order valence-corrected chi connectivity index (χ1v) is 8.04. The molecule has 4 N–H and O–H groups in total. The Hall–Kier alpha value is -1.86. The van der Waals surface area contributed by atoms with Crippen molar-refractivity contribution in [2.24, 2.45) is 11.1 Å². The van der Waals surface area contributed by atoms with Gasteiger partial charge in [-0.25, -0.2) is 9.18 Å². The number of hydrogen-bond donors (Lipinski definition) is 3. The van der Waals surface area contributed by atoms with Crippen LogP contribution in [0.25, 0.3) is 0 Å². The van der Waals surface area contributed by atoms with Gasteiger partial charge < -0.3 is 21.3 Å². The number of anilines is 1. The molecule has 8 heteroatoms. The Balaban J connectivity index is 0.00000312. The lowest BCUT2D eigenvalue weighted by molar-refractivity contribution is -0.133. The minimum absolute atomic E-state index is 0. The molecule has 1 aromatic rings. The highest BCUT2D eigenvalue weighted by molar-refractivity contribution is 5.89. The second-order valence-electron chi connectivity index (χ2n) is 7.22. The molecule has 6 nitrogen and oxygen atoms in total. The van der Waals surface area contributed by atoms with Crippen molar-refractivity contribution in [2.75, 3.05) is 18.4 Å². The largest absolute Gasteiger partial charge is 0.339 e. The number of nitrogens with one attached hydrogen (secondary N) is 2. The Morgan fingerprint density at radius 3 is 2.44 bits per heavy atom. The standard InChI is InChI=1S/C17H25FN4O2.ClH/c1-17(2,3)14(19)15(23)22-9-8-13(10-22)21-16(24)20-12-6-4-11(18)5-7-12;/h4-7,13-14H,8-10,19H2,1-3H3,(H2,20,21,24);1H/t13?,14-;/m1./s1. The summed E-state index contributed by atoms with van der Waals surface area (Å²) in [5.41, 5.74) is 6.22.